The number of benzene rings is 1. The molecule has 0 bridgehead atoms. The standard InChI is InChI=1S/C12H18N2/c1-10(2)12(13)14(3)9-11-7-5-4-6-8-11/h4-8,10,13H,9H2,1-3H3. The van der Waals surface area contributed by atoms with E-state index in [1.54, 1.807) is 0 Å². The molecule has 2 nitrogen and oxygen atoms in total. The molecular formula is C12H18N2. The molecule has 0 heterocycles. The van der Waals surface area contributed by atoms with Crippen LogP contribution >= 0.6 is 0 Å². The third kappa shape index (κ3) is 2.87. The van der Waals surface area contributed by atoms with Crippen molar-refractivity contribution in [3.8, 4) is 0 Å². The molecule has 0 amide bonds. The zero-order valence-electron chi connectivity index (χ0n) is 9.12. The van der Waals surface area contributed by atoms with Gasteiger partial charge >= 0.3 is 0 Å². The topological polar surface area (TPSA) is 27.1 Å². The summed E-state index contributed by atoms with van der Waals surface area (Å²) in [6, 6.07) is 10.2. The predicted molar refractivity (Wildman–Crippen MR) is 60.5 cm³/mol. The highest BCUT2D eigenvalue weighted by Crippen LogP contribution is 2.06. The van der Waals surface area contributed by atoms with E-state index in [4.69, 9.17) is 5.41 Å². The van der Waals surface area contributed by atoms with Gasteiger partial charge in [-0.1, -0.05) is 44.2 Å². The van der Waals surface area contributed by atoms with E-state index in [9.17, 15) is 0 Å². The van der Waals surface area contributed by atoms with Gasteiger partial charge in [-0.2, -0.15) is 0 Å². The molecule has 1 aromatic carbocycles. The molecule has 0 atom stereocenters. The third-order valence-corrected chi connectivity index (χ3v) is 2.22. The fraction of sp³-hybridized carbons (Fsp3) is 0.417. The van der Waals surface area contributed by atoms with Gasteiger partial charge in [0, 0.05) is 19.5 Å². The summed E-state index contributed by atoms with van der Waals surface area (Å²) in [7, 11) is 1.97. The van der Waals surface area contributed by atoms with Gasteiger partial charge in [-0.15, -0.1) is 0 Å². The number of hydrogen-bond acceptors (Lipinski definition) is 1. The van der Waals surface area contributed by atoms with Crippen molar-refractivity contribution < 1.29 is 0 Å². The summed E-state index contributed by atoms with van der Waals surface area (Å²) in [5.41, 5.74) is 1.25. The molecule has 14 heavy (non-hydrogen) atoms. The molecule has 1 rings (SSSR count). The van der Waals surface area contributed by atoms with Crippen LogP contribution in [0.25, 0.3) is 0 Å². The van der Waals surface area contributed by atoms with E-state index in [-0.39, 0.29) is 0 Å². The number of nitrogens with one attached hydrogen (secondary N) is 1. The molecule has 0 aliphatic heterocycles. The Bertz CT molecular complexity index is 290. The lowest BCUT2D eigenvalue weighted by atomic mass is 10.1. The van der Waals surface area contributed by atoms with Crippen molar-refractivity contribution in [2.45, 2.75) is 20.4 Å². The Morgan fingerprint density at radius 3 is 2.36 bits per heavy atom. The van der Waals surface area contributed by atoms with E-state index in [0.29, 0.717) is 11.8 Å². The second-order valence-electron chi connectivity index (χ2n) is 3.88. The summed E-state index contributed by atoms with van der Waals surface area (Å²) in [4.78, 5) is 1.99. The first-order valence-corrected chi connectivity index (χ1v) is 4.94. The maximum Gasteiger partial charge on any atom is 0.0984 e. The average Bonchev–Trinajstić information content (AvgIpc) is 2.18. The van der Waals surface area contributed by atoms with Crippen molar-refractivity contribution in [3.05, 3.63) is 35.9 Å². The monoisotopic (exact) mass is 190 g/mol. The summed E-state index contributed by atoms with van der Waals surface area (Å²) in [6.45, 7) is 4.91. The van der Waals surface area contributed by atoms with E-state index in [1.807, 2.05) is 44.0 Å². The van der Waals surface area contributed by atoms with E-state index < -0.39 is 0 Å². The number of nitrogens with zero attached hydrogens (tertiary/aromatic N) is 1. The largest absolute Gasteiger partial charge is 0.359 e. The fourth-order valence-electron chi connectivity index (χ4n) is 1.38. The van der Waals surface area contributed by atoms with Crippen LogP contribution in [0.1, 0.15) is 19.4 Å². The molecule has 0 unspecified atom stereocenters. The minimum Gasteiger partial charge on any atom is -0.359 e. The van der Waals surface area contributed by atoms with E-state index >= 15 is 0 Å². The van der Waals surface area contributed by atoms with Crippen LogP contribution < -0.4 is 0 Å². The Labute approximate surface area is 86.1 Å². The van der Waals surface area contributed by atoms with Crippen LogP contribution in [0, 0.1) is 11.3 Å². The van der Waals surface area contributed by atoms with Gasteiger partial charge in [0.2, 0.25) is 0 Å². The molecule has 0 saturated heterocycles. The van der Waals surface area contributed by atoms with Gasteiger partial charge in [-0.05, 0) is 5.56 Å². The molecule has 0 radical (unpaired) electrons. The van der Waals surface area contributed by atoms with Crippen molar-refractivity contribution in [2.24, 2.45) is 5.92 Å². The van der Waals surface area contributed by atoms with Crippen LogP contribution in [0.2, 0.25) is 0 Å². The molecule has 1 N–H and O–H groups in total. The van der Waals surface area contributed by atoms with Gasteiger partial charge in [-0.25, -0.2) is 0 Å². The molecular weight excluding hydrogens is 172 g/mol. The Balaban J connectivity index is 2.57. The molecule has 0 fully saturated rings. The third-order valence-electron chi connectivity index (χ3n) is 2.22. The zero-order chi connectivity index (χ0) is 10.6. The maximum atomic E-state index is 7.82. The Hall–Kier alpha value is -1.31. The summed E-state index contributed by atoms with van der Waals surface area (Å²) >= 11 is 0. The molecule has 2 heteroatoms. The highest BCUT2D eigenvalue weighted by atomic mass is 15.1. The highest BCUT2D eigenvalue weighted by Gasteiger charge is 2.08. The molecule has 1 aromatic rings. The minimum absolute atomic E-state index is 0.295. The first-order chi connectivity index (χ1) is 6.61. The van der Waals surface area contributed by atoms with E-state index in [0.717, 1.165) is 6.54 Å². The van der Waals surface area contributed by atoms with Crippen molar-refractivity contribution >= 4 is 5.84 Å². The molecule has 0 aliphatic rings. The summed E-state index contributed by atoms with van der Waals surface area (Å²) < 4.78 is 0. The van der Waals surface area contributed by atoms with Crippen LogP contribution in [0.15, 0.2) is 30.3 Å². The SMILES string of the molecule is CC(C)C(=N)N(C)Cc1ccccc1. The number of rotatable bonds is 3. The number of hydrogen-bond donors (Lipinski definition) is 1. The second kappa shape index (κ2) is 4.80. The Morgan fingerprint density at radius 1 is 1.29 bits per heavy atom. The van der Waals surface area contributed by atoms with Gasteiger partial charge in [-0.3, -0.25) is 5.41 Å². The van der Waals surface area contributed by atoms with Crippen molar-refractivity contribution in [3.63, 3.8) is 0 Å². The average molecular weight is 190 g/mol. The van der Waals surface area contributed by atoms with Gasteiger partial charge in [0.15, 0.2) is 0 Å². The van der Waals surface area contributed by atoms with Crippen LogP contribution in [-0.2, 0) is 6.54 Å². The van der Waals surface area contributed by atoms with Gasteiger partial charge < -0.3 is 4.90 Å². The lowest BCUT2D eigenvalue weighted by Gasteiger charge is -2.22. The molecule has 0 aromatic heterocycles. The van der Waals surface area contributed by atoms with Crippen molar-refractivity contribution in [1.82, 2.24) is 4.90 Å². The lowest BCUT2D eigenvalue weighted by Crippen LogP contribution is -2.29. The van der Waals surface area contributed by atoms with Crippen LogP contribution in [0.5, 0.6) is 0 Å². The van der Waals surface area contributed by atoms with Gasteiger partial charge in [0.25, 0.3) is 0 Å². The second-order valence-corrected chi connectivity index (χ2v) is 3.88. The van der Waals surface area contributed by atoms with Crippen molar-refractivity contribution in [2.75, 3.05) is 7.05 Å². The molecule has 0 spiro atoms. The van der Waals surface area contributed by atoms with Gasteiger partial charge in [0.1, 0.15) is 0 Å². The summed E-state index contributed by atoms with van der Waals surface area (Å²) in [5, 5.41) is 7.82. The Kier molecular flexibility index (Phi) is 3.69. The summed E-state index contributed by atoms with van der Waals surface area (Å²) in [6.07, 6.45) is 0. The first kappa shape index (κ1) is 10.8. The van der Waals surface area contributed by atoms with E-state index in [1.165, 1.54) is 5.56 Å². The van der Waals surface area contributed by atoms with Crippen molar-refractivity contribution in [1.29, 1.82) is 5.41 Å². The normalized spacial score (nSPS) is 10.3. The predicted octanol–water partition coefficient (Wildman–Crippen LogP) is 2.75. The maximum absolute atomic E-state index is 7.82. The van der Waals surface area contributed by atoms with Crippen LogP contribution in [-0.4, -0.2) is 17.8 Å². The first-order valence-electron chi connectivity index (χ1n) is 4.94. The van der Waals surface area contributed by atoms with Crippen LogP contribution in [0.4, 0.5) is 0 Å². The molecule has 0 aliphatic carbocycles. The lowest BCUT2D eigenvalue weighted by molar-refractivity contribution is 0.468. The fourth-order valence-corrected chi connectivity index (χ4v) is 1.38. The minimum atomic E-state index is 0.295. The van der Waals surface area contributed by atoms with E-state index in [2.05, 4.69) is 12.1 Å². The van der Waals surface area contributed by atoms with Crippen LogP contribution in [0.3, 0.4) is 0 Å². The quantitative estimate of drug-likeness (QED) is 0.576. The smallest absolute Gasteiger partial charge is 0.0984 e. The molecule has 0 saturated carbocycles. The number of amidine groups is 1. The summed E-state index contributed by atoms with van der Waals surface area (Å²) in [5.74, 6) is 0.984. The van der Waals surface area contributed by atoms with Gasteiger partial charge in [0.05, 0.1) is 5.84 Å². The zero-order valence-corrected chi connectivity index (χ0v) is 9.12. The highest BCUT2D eigenvalue weighted by molar-refractivity contribution is 5.80. The molecule has 76 valence electrons. The Morgan fingerprint density at radius 2 is 1.86 bits per heavy atom.